The van der Waals surface area contributed by atoms with E-state index < -0.39 is 0 Å². The maximum absolute atomic E-state index is 10.4. The predicted molar refractivity (Wildman–Crippen MR) is 109 cm³/mol. The molecule has 0 amide bonds. The topological polar surface area (TPSA) is 77.4 Å². The van der Waals surface area contributed by atoms with Gasteiger partial charge in [-0.3, -0.25) is 4.99 Å². The monoisotopic (exact) mass is 359 g/mol. The Kier molecular flexibility index (Phi) is 5.23. The lowest BCUT2D eigenvalue weighted by Crippen LogP contribution is -2.08. The van der Waals surface area contributed by atoms with Crippen LogP contribution < -0.4 is 4.90 Å². The summed E-state index contributed by atoms with van der Waals surface area (Å²) in [5, 5.41) is 19.9. The zero-order valence-electron chi connectivity index (χ0n) is 15.6. The molecule has 2 aromatic carbocycles. The first-order chi connectivity index (χ1) is 13.0. The number of aliphatic hydroxyl groups excluding tert-OH is 1. The van der Waals surface area contributed by atoms with Gasteiger partial charge in [-0.1, -0.05) is 24.3 Å². The number of hydrogen-bond acceptors (Lipinski definition) is 5. The van der Waals surface area contributed by atoms with Gasteiger partial charge in [-0.15, -0.1) is 0 Å². The fourth-order valence-electron chi connectivity index (χ4n) is 2.79. The van der Waals surface area contributed by atoms with E-state index in [1.54, 1.807) is 10.8 Å². The van der Waals surface area contributed by atoms with Gasteiger partial charge in [0.25, 0.3) is 0 Å². The van der Waals surface area contributed by atoms with Crippen molar-refractivity contribution in [3.8, 4) is 6.07 Å². The summed E-state index contributed by atoms with van der Waals surface area (Å²) < 4.78 is 1.80. The minimum Gasteiger partial charge on any atom is -0.509 e. The van der Waals surface area contributed by atoms with Crippen LogP contribution in [0.2, 0.25) is 0 Å². The molecule has 27 heavy (non-hydrogen) atoms. The maximum atomic E-state index is 10.4. The van der Waals surface area contributed by atoms with Gasteiger partial charge in [-0.2, -0.15) is 5.26 Å². The summed E-state index contributed by atoms with van der Waals surface area (Å²) in [5.41, 5.74) is 3.84. The van der Waals surface area contributed by atoms with Gasteiger partial charge in [-0.05, 0) is 29.8 Å². The third-order valence-electron chi connectivity index (χ3n) is 4.30. The highest BCUT2D eigenvalue weighted by Crippen LogP contribution is 2.21. The summed E-state index contributed by atoms with van der Waals surface area (Å²) in [7, 11) is 5.79. The Morgan fingerprint density at radius 1 is 1.22 bits per heavy atom. The van der Waals surface area contributed by atoms with Crippen LogP contribution in [0.15, 0.2) is 59.3 Å². The van der Waals surface area contributed by atoms with Crippen molar-refractivity contribution in [3.63, 3.8) is 0 Å². The molecule has 6 heteroatoms. The molecule has 1 heterocycles. The van der Waals surface area contributed by atoms with Crippen molar-refractivity contribution >= 4 is 28.5 Å². The van der Waals surface area contributed by atoms with Crippen molar-refractivity contribution in [3.05, 3.63) is 65.7 Å². The number of rotatable bonds is 5. The number of allylic oxidation sites excluding steroid dienone is 1. The number of para-hydroxylation sites is 2. The second kappa shape index (κ2) is 7.75. The summed E-state index contributed by atoms with van der Waals surface area (Å²) in [6.07, 6.45) is 1.68. The van der Waals surface area contributed by atoms with Crippen LogP contribution in [-0.2, 0) is 7.05 Å². The molecule has 0 saturated carbocycles. The number of nitriles is 1. The molecule has 0 aliphatic carbocycles. The first-order valence-electron chi connectivity index (χ1n) is 8.52. The molecule has 0 bridgehead atoms. The van der Waals surface area contributed by atoms with Crippen molar-refractivity contribution < 1.29 is 5.11 Å². The molecule has 0 aliphatic rings. The third kappa shape index (κ3) is 3.82. The first kappa shape index (κ1) is 18.2. The molecule has 0 radical (unpaired) electrons. The Labute approximate surface area is 158 Å². The van der Waals surface area contributed by atoms with Gasteiger partial charge < -0.3 is 14.6 Å². The number of fused-ring (bicyclic) bond motifs is 1. The van der Waals surface area contributed by atoms with E-state index in [2.05, 4.69) is 16.0 Å². The zero-order valence-corrected chi connectivity index (χ0v) is 15.6. The highest BCUT2D eigenvalue weighted by atomic mass is 16.3. The van der Waals surface area contributed by atoms with Gasteiger partial charge in [0.05, 0.1) is 17.6 Å². The molecular weight excluding hydrogens is 338 g/mol. The van der Waals surface area contributed by atoms with Gasteiger partial charge in [0, 0.05) is 33.0 Å². The van der Waals surface area contributed by atoms with Crippen molar-refractivity contribution in [2.24, 2.45) is 12.0 Å². The van der Waals surface area contributed by atoms with E-state index in [4.69, 9.17) is 0 Å². The lowest BCUT2D eigenvalue weighted by Gasteiger charge is -2.11. The maximum Gasteiger partial charge on any atom is 0.155 e. The molecule has 0 spiro atoms. The highest BCUT2D eigenvalue weighted by molar-refractivity contribution is 5.84. The Morgan fingerprint density at radius 2 is 1.93 bits per heavy atom. The Balaban J connectivity index is 1.83. The van der Waals surface area contributed by atoms with Gasteiger partial charge in [-0.25, -0.2) is 4.98 Å². The number of benzene rings is 2. The van der Waals surface area contributed by atoms with Crippen LogP contribution in [0.3, 0.4) is 0 Å². The summed E-state index contributed by atoms with van der Waals surface area (Å²) >= 11 is 0. The largest absolute Gasteiger partial charge is 0.509 e. The van der Waals surface area contributed by atoms with Crippen molar-refractivity contribution in [2.75, 3.05) is 25.5 Å². The number of imidazole rings is 1. The number of aryl methyl sites for hydroxylation is 1. The second-order valence-electron chi connectivity index (χ2n) is 6.37. The summed E-state index contributed by atoms with van der Waals surface area (Å²) in [6.45, 7) is 0.0154. The predicted octanol–water partition coefficient (Wildman–Crippen LogP) is 3.55. The average Bonchev–Trinajstić information content (AvgIpc) is 3.00. The number of aromatic nitrogens is 2. The van der Waals surface area contributed by atoms with Gasteiger partial charge in [0.1, 0.15) is 17.4 Å². The van der Waals surface area contributed by atoms with Gasteiger partial charge >= 0.3 is 0 Å². The Bertz CT molecular complexity index is 1050. The fourth-order valence-corrected chi connectivity index (χ4v) is 2.79. The van der Waals surface area contributed by atoms with E-state index in [-0.39, 0.29) is 17.9 Å². The van der Waals surface area contributed by atoms with Crippen molar-refractivity contribution in [1.82, 2.24) is 9.55 Å². The van der Waals surface area contributed by atoms with Crippen LogP contribution in [0.5, 0.6) is 0 Å². The smallest absolute Gasteiger partial charge is 0.155 e. The fraction of sp³-hybridized carbons (Fsp3) is 0.190. The number of aliphatic hydroxyl groups is 1. The number of hydrogen-bond donors (Lipinski definition) is 1. The lowest BCUT2D eigenvalue weighted by molar-refractivity contribution is 0.407. The van der Waals surface area contributed by atoms with Crippen LogP contribution in [0, 0.1) is 11.3 Å². The van der Waals surface area contributed by atoms with E-state index in [1.807, 2.05) is 74.6 Å². The summed E-state index contributed by atoms with van der Waals surface area (Å²) in [4.78, 5) is 10.7. The standard InChI is InChI=1S/C21H21N5O/c1-25(2)16-10-8-15(9-11-16)13-23-14-20(27)17(12-22)21-24-18-6-4-5-7-19(18)26(21)3/h4-11,13,27H,14H2,1-3H3. The zero-order chi connectivity index (χ0) is 19.4. The molecule has 1 aromatic heterocycles. The SMILES string of the molecule is CN(C)c1ccc(C=NCC(O)=C(C#N)c2nc3ccccc3n2C)cc1. The normalized spacial score (nSPS) is 12.2. The van der Waals surface area contributed by atoms with Gasteiger partial charge in [0.2, 0.25) is 0 Å². The number of anilines is 1. The summed E-state index contributed by atoms with van der Waals surface area (Å²) in [5.74, 6) is 0.332. The molecule has 6 nitrogen and oxygen atoms in total. The molecule has 0 unspecified atom stereocenters. The van der Waals surface area contributed by atoms with E-state index in [1.165, 1.54) is 0 Å². The van der Waals surface area contributed by atoms with Crippen LogP contribution >= 0.6 is 0 Å². The van der Waals surface area contributed by atoms with E-state index >= 15 is 0 Å². The minimum atomic E-state index is -0.0999. The van der Waals surface area contributed by atoms with Crippen LogP contribution in [0.4, 0.5) is 5.69 Å². The second-order valence-corrected chi connectivity index (χ2v) is 6.37. The lowest BCUT2D eigenvalue weighted by atomic mass is 10.2. The Morgan fingerprint density at radius 3 is 2.56 bits per heavy atom. The first-order valence-corrected chi connectivity index (χ1v) is 8.52. The van der Waals surface area contributed by atoms with E-state index in [0.717, 1.165) is 22.3 Å². The molecule has 0 saturated heterocycles. The van der Waals surface area contributed by atoms with Crippen LogP contribution in [-0.4, -0.2) is 41.5 Å². The van der Waals surface area contributed by atoms with Crippen LogP contribution in [0.1, 0.15) is 11.4 Å². The van der Waals surface area contributed by atoms with Crippen LogP contribution in [0.25, 0.3) is 16.6 Å². The van der Waals surface area contributed by atoms with E-state index in [0.29, 0.717) is 5.82 Å². The molecule has 3 aromatic rings. The molecule has 136 valence electrons. The van der Waals surface area contributed by atoms with Crippen molar-refractivity contribution in [2.45, 2.75) is 0 Å². The summed E-state index contributed by atoms with van der Waals surface area (Å²) in [6, 6.07) is 17.6. The molecule has 0 atom stereocenters. The quantitative estimate of drug-likeness (QED) is 0.429. The minimum absolute atomic E-state index is 0.0154. The van der Waals surface area contributed by atoms with Gasteiger partial charge in [0.15, 0.2) is 5.82 Å². The third-order valence-corrected chi connectivity index (χ3v) is 4.30. The molecule has 3 rings (SSSR count). The molecule has 0 fully saturated rings. The molecule has 1 N–H and O–H groups in total. The molecular formula is C21H21N5O. The number of nitrogens with zero attached hydrogens (tertiary/aromatic N) is 5. The molecule has 0 aliphatic heterocycles. The number of aliphatic imine (C=N–C) groups is 1. The highest BCUT2D eigenvalue weighted by Gasteiger charge is 2.15. The van der Waals surface area contributed by atoms with E-state index in [9.17, 15) is 10.4 Å². The average molecular weight is 359 g/mol. The Hall–Kier alpha value is -3.59. The van der Waals surface area contributed by atoms with Crippen molar-refractivity contribution in [1.29, 1.82) is 5.26 Å².